The lowest BCUT2D eigenvalue weighted by Crippen LogP contribution is -2.03. The molecule has 0 saturated heterocycles. The summed E-state index contributed by atoms with van der Waals surface area (Å²) >= 11 is 5.85. The molecule has 1 aromatic carbocycles. The Morgan fingerprint density at radius 1 is 1.22 bits per heavy atom. The monoisotopic (exact) mass is 263 g/mol. The topological polar surface area (TPSA) is 61.0 Å². The molecule has 1 aromatic heterocycles. The fraction of sp³-hybridized carbons (Fsp3) is 0.231. The number of ether oxygens (including phenoxy) is 1. The summed E-state index contributed by atoms with van der Waals surface area (Å²) in [5, 5.41) is 0.430. The third kappa shape index (κ3) is 3.42. The molecule has 94 valence electrons. The highest BCUT2D eigenvalue weighted by Gasteiger charge is 2.02. The van der Waals surface area contributed by atoms with Crippen LogP contribution in [0.4, 0.5) is 0 Å². The van der Waals surface area contributed by atoms with Gasteiger partial charge < -0.3 is 10.5 Å². The Bertz CT molecular complexity index is 508. The average Bonchev–Trinajstić information content (AvgIpc) is 2.36. The van der Waals surface area contributed by atoms with Crippen molar-refractivity contribution in [3.05, 3.63) is 52.6 Å². The Kier molecular flexibility index (Phi) is 4.12. The molecule has 0 radical (unpaired) electrons. The minimum Gasteiger partial charge on any atom is -0.486 e. The van der Waals surface area contributed by atoms with Gasteiger partial charge in [0.1, 0.15) is 17.5 Å². The SMILES string of the molecule is Cc1cc(Cl)nc(COc2ccc(CN)cc2)n1. The molecule has 0 fully saturated rings. The van der Waals surface area contributed by atoms with E-state index in [0.29, 0.717) is 24.1 Å². The zero-order valence-corrected chi connectivity index (χ0v) is 10.8. The maximum Gasteiger partial charge on any atom is 0.167 e. The summed E-state index contributed by atoms with van der Waals surface area (Å²) in [6.45, 7) is 2.69. The molecule has 0 aliphatic carbocycles. The van der Waals surface area contributed by atoms with E-state index in [4.69, 9.17) is 22.1 Å². The fourth-order valence-corrected chi connectivity index (χ4v) is 1.78. The van der Waals surface area contributed by atoms with E-state index < -0.39 is 0 Å². The van der Waals surface area contributed by atoms with Crippen molar-refractivity contribution in [3.8, 4) is 5.75 Å². The van der Waals surface area contributed by atoms with Gasteiger partial charge in [-0.05, 0) is 30.7 Å². The molecule has 0 spiro atoms. The molecule has 2 aromatic rings. The van der Waals surface area contributed by atoms with Crippen molar-refractivity contribution < 1.29 is 4.74 Å². The first-order valence-corrected chi connectivity index (χ1v) is 5.97. The first-order chi connectivity index (χ1) is 8.67. The predicted octanol–water partition coefficient (Wildman–Crippen LogP) is 2.48. The number of hydrogen-bond donors (Lipinski definition) is 1. The highest BCUT2D eigenvalue weighted by molar-refractivity contribution is 6.29. The van der Waals surface area contributed by atoms with Gasteiger partial charge in [-0.15, -0.1) is 0 Å². The van der Waals surface area contributed by atoms with Crippen LogP contribution in [0, 0.1) is 6.92 Å². The Hall–Kier alpha value is -1.65. The molecule has 4 nitrogen and oxygen atoms in total. The average molecular weight is 264 g/mol. The van der Waals surface area contributed by atoms with Gasteiger partial charge in [0.05, 0.1) is 0 Å². The van der Waals surface area contributed by atoms with Gasteiger partial charge in [-0.2, -0.15) is 0 Å². The summed E-state index contributed by atoms with van der Waals surface area (Å²) in [6, 6.07) is 9.32. The highest BCUT2D eigenvalue weighted by atomic mass is 35.5. The third-order valence-corrected chi connectivity index (χ3v) is 2.59. The Morgan fingerprint density at radius 2 is 1.94 bits per heavy atom. The molecule has 0 bridgehead atoms. The first-order valence-electron chi connectivity index (χ1n) is 5.59. The third-order valence-electron chi connectivity index (χ3n) is 2.40. The standard InChI is InChI=1S/C13H14ClN3O/c1-9-6-12(14)17-13(16-9)8-18-11-4-2-10(7-15)3-5-11/h2-6H,7-8,15H2,1H3. The van der Waals surface area contributed by atoms with Crippen molar-refractivity contribution >= 4 is 11.6 Å². The number of aromatic nitrogens is 2. The normalized spacial score (nSPS) is 10.4. The molecule has 0 aliphatic rings. The van der Waals surface area contributed by atoms with Crippen LogP contribution < -0.4 is 10.5 Å². The molecule has 0 aliphatic heterocycles. The molecule has 0 saturated carbocycles. The summed E-state index contributed by atoms with van der Waals surface area (Å²) < 4.78 is 5.58. The van der Waals surface area contributed by atoms with Crippen molar-refractivity contribution in [2.75, 3.05) is 0 Å². The molecular formula is C13H14ClN3O. The number of hydrogen-bond acceptors (Lipinski definition) is 4. The predicted molar refractivity (Wildman–Crippen MR) is 70.4 cm³/mol. The lowest BCUT2D eigenvalue weighted by molar-refractivity contribution is 0.295. The van der Waals surface area contributed by atoms with Gasteiger partial charge >= 0.3 is 0 Å². The van der Waals surface area contributed by atoms with Crippen LogP contribution in [0.2, 0.25) is 5.15 Å². The molecule has 0 atom stereocenters. The highest BCUT2D eigenvalue weighted by Crippen LogP contribution is 2.14. The first kappa shape index (κ1) is 12.8. The zero-order valence-electron chi connectivity index (χ0n) is 10.1. The number of rotatable bonds is 4. The van der Waals surface area contributed by atoms with E-state index in [-0.39, 0.29) is 0 Å². The minimum absolute atomic E-state index is 0.295. The minimum atomic E-state index is 0.295. The van der Waals surface area contributed by atoms with Gasteiger partial charge in [0.15, 0.2) is 5.82 Å². The number of nitrogens with two attached hydrogens (primary N) is 1. The second-order valence-corrected chi connectivity index (χ2v) is 4.27. The number of nitrogens with zero attached hydrogens (tertiary/aromatic N) is 2. The van der Waals surface area contributed by atoms with E-state index in [1.165, 1.54) is 0 Å². The van der Waals surface area contributed by atoms with Crippen LogP contribution in [-0.2, 0) is 13.2 Å². The maximum absolute atomic E-state index is 5.85. The fourth-order valence-electron chi connectivity index (χ4n) is 1.52. The van der Waals surface area contributed by atoms with Gasteiger partial charge in [0, 0.05) is 12.2 Å². The summed E-state index contributed by atoms with van der Waals surface area (Å²) in [5.41, 5.74) is 7.42. The van der Waals surface area contributed by atoms with Crippen LogP contribution >= 0.6 is 11.6 Å². The van der Waals surface area contributed by atoms with Gasteiger partial charge in [-0.3, -0.25) is 0 Å². The van der Waals surface area contributed by atoms with Crippen molar-refractivity contribution in [2.24, 2.45) is 5.73 Å². The molecule has 0 amide bonds. The molecule has 2 N–H and O–H groups in total. The Labute approximate surface area is 111 Å². The van der Waals surface area contributed by atoms with Crippen molar-refractivity contribution in [3.63, 3.8) is 0 Å². The van der Waals surface area contributed by atoms with Crippen LogP contribution in [-0.4, -0.2) is 9.97 Å². The van der Waals surface area contributed by atoms with Gasteiger partial charge in [0.2, 0.25) is 0 Å². The number of benzene rings is 1. The second kappa shape index (κ2) is 5.80. The Balaban J connectivity index is 2.01. The van der Waals surface area contributed by atoms with Crippen molar-refractivity contribution in [2.45, 2.75) is 20.1 Å². The van der Waals surface area contributed by atoms with E-state index in [1.807, 2.05) is 31.2 Å². The summed E-state index contributed by atoms with van der Waals surface area (Å²) in [7, 11) is 0. The second-order valence-electron chi connectivity index (χ2n) is 3.89. The Morgan fingerprint density at radius 3 is 2.56 bits per heavy atom. The smallest absolute Gasteiger partial charge is 0.167 e. The number of aryl methyl sites for hydroxylation is 1. The molecule has 5 heteroatoms. The zero-order chi connectivity index (χ0) is 13.0. The summed E-state index contributed by atoms with van der Waals surface area (Å²) in [6.07, 6.45) is 0. The summed E-state index contributed by atoms with van der Waals surface area (Å²) in [5.74, 6) is 1.33. The quantitative estimate of drug-likeness (QED) is 0.861. The molecule has 18 heavy (non-hydrogen) atoms. The van der Waals surface area contributed by atoms with Crippen LogP contribution in [0.25, 0.3) is 0 Å². The van der Waals surface area contributed by atoms with Gasteiger partial charge in [-0.25, -0.2) is 9.97 Å². The van der Waals surface area contributed by atoms with Crippen LogP contribution in [0.5, 0.6) is 5.75 Å². The van der Waals surface area contributed by atoms with E-state index in [2.05, 4.69) is 9.97 Å². The lowest BCUT2D eigenvalue weighted by atomic mass is 10.2. The van der Waals surface area contributed by atoms with E-state index >= 15 is 0 Å². The van der Waals surface area contributed by atoms with E-state index in [9.17, 15) is 0 Å². The van der Waals surface area contributed by atoms with Gasteiger partial charge in [0.25, 0.3) is 0 Å². The summed E-state index contributed by atoms with van der Waals surface area (Å²) in [4.78, 5) is 8.33. The van der Waals surface area contributed by atoms with Crippen molar-refractivity contribution in [1.29, 1.82) is 0 Å². The number of halogens is 1. The molecule has 1 heterocycles. The van der Waals surface area contributed by atoms with Gasteiger partial charge in [-0.1, -0.05) is 23.7 Å². The lowest BCUT2D eigenvalue weighted by Gasteiger charge is -2.06. The van der Waals surface area contributed by atoms with E-state index in [0.717, 1.165) is 17.0 Å². The van der Waals surface area contributed by atoms with Crippen molar-refractivity contribution in [1.82, 2.24) is 9.97 Å². The maximum atomic E-state index is 5.85. The van der Waals surface area contributed by atoms with Crippen LogP contribution in [0.15, 0.2) is 30.3 Å². The largest absolute Gasteiger partial charge is 0.486 e. The van der Waals surface area contributed by atoms with Crippen LogP contribution in [0.3, 0.4) is 0 Å². The molecular weight excluding hydrogens is 250 g/mol. The molecule has 2 rings (SSSR count). The molecule has 0 unspecified atom stereocenters. The van der Waals surface area contributed by atoms with Crippen LogP contribution in [0.1, 0.15) is 17.1 Å². The van der Waals surface area contributed by atoms with E-state index in [1.54, 1.807) is 6.07 Å².